The second-order valence-corrected chi connectivity index (χ2v) is 4.30. The van der Waals surface area contributed by atoms with E-state index in [2.05, 4.69) is 10.3 Å². The van der Waals surface area contributed by atoms with Crippen molar-refractivity contribution >= 4 is 34.8 Å². The summed E-state index contributed by atoms with van der Waals surface area (Å²) in [4.78, 5) is 13.2. The average molecular weight is 260 g/mol. The highest BCUT2D eigenvalue weighted by Gasteiger charge is 2.30. The van der Waals surface area contributed by atoms with Crippen LogP contribution in [0.15, 0.2) is 29.3 Å². The number of aromatic nitrogens is 1. The first-order valence-electron chi connectivity index (χ1n) is 4.57. The molecule has 0 radical (unpaired) electrons. The first-order valence-corrected chi connectivity index (χ1v) is 5.39. The molecule has 1 amide bonds. The van der Waals surface area contributed by atoms with Crippen molar-refractivity contribution in [3.8, 4) is 0 Å². The third kappa shape index (κ3) is 2.55. The van der Waals surface area contributed by atoms with Crippen LogP contribution in [-0.4, -0.2) is 16.9 Å². The number of alkyl halides is 3. The SMILES string of the molecule is O=CNc1cccc2c(SC(F)(F)F)c[nH]c12. The Kier molecular flexibility index (Phi) is 3.01. The van der Waals surface area contributed by atoms with E-state index in [1.807, 2.05) is 0 Å². The van der Waals surface area contributed by atoms with Crippen LogP contribution in [0, 0.1) is 0 Å². The Labute approximate surface area is 98.4 Å². The van der Waals surface area contributed by atoms with Gasteiger partial charge in [0.25, 0.3) is 0 Å². The van der Waals surface area contributed by atoms with Crippen molar-refractivity contribution in [3.05, 3.63) is 24.4 Å². The Balaban J connectivity index is 2.47. The zero-order chi connectivity index (χ0) is 12.5. The first kappa shape index (κ1) is 11.8. The molecule has 0 atom stereocenters. The number of halogens is 3. The molecule has 1 aromatic heterocycles. The van der Waals surface area contributed by atoms with Gasteiger partial charge in [-0.2, -0.15) is 13.2 Å². The molecular weight excluding hydrogens is 253 g/mol. The number of anilines is 1. The summed E-state index contributed by atoms with van der Waals surface area (Å²) in [5.41, 5.74) is -3.40. The van der Waals surface area contributed by atoms with E-state index in [0.29, 0.717) is 23.0 Å². The van der Waals surface area contributed by atoms with Gasteiger partial charge in [0.15, 0.2) is 0 Å². The van der Waals surface area contributed by atoms with Crippen molar-refractivity contribution in [2.24, 2.45) is 0 Å². The maximum atomic E-state index is 12.3. The number of carbonyl (C=O) groups is 1. The van der Waals surface area contributed by atoms with Gasteiger partial charge < -0.3 is 10.3 Å². The zero-order valence-electron chi connectivity index (χ0n) is 8.34. The zero-order valence-corrected chi connectivity index (χ0v) is 9.15. The van der Waals surface area contributed by atoms with E-state index in [0.717, 1.165) is 0 Å². The summed E-state index contributed by atoms with van der Waals surface area (Å²) < 4.78 is 36.8. The summed E-state index contributed by atoms with van der Waals surface area (Å²) in [5.74, 6) is 0. The number of thioether (sulfide) groups is 1. The first-order chi connectivity index (χ1) is 8.01. The fourth-order valence-corrected chi connectivity index (χ4v) is 2.17. The lowest BCUT2D eigenvalue weighted by molar-refractivity contribution is -0.105. The van der Waals surface area contributed by atoms with E-state index < -0.39 is 5.51 Å². The molecule has 1 heterocycles. The summed E-state index contributed by atoms with van der Waals surface area (Å²) in [6, 6.07) is 4.76. The summed E-state index contributed by atoms with van der Waals surface area (Å²) >= 11 is -0.184. The number of carbonyl (C=O) groups excluding carboxylic acids is 1. The fourth-order valence-electron chi connectivity index (χ4n) is 1.52. The number of fused-ring (bicyclic) bond motifs is 1. The fraction of sp³-hybridized carbons (Fsp3) is 0.100. The molecule has 0 aliphatic rings. The molecule has 17 heavy (non-hydrogen) atoms. The lowest BCUT2D eigenvalue weighted by Crippen LogP contribution is -1.98. The van der Waals surface area contributed by atoms with E-state index in [4.69, 9.17) is 0 Å². The molecule has 0 spiro atoms. The third-order valence-corrected chi connectivity index (χ3v) is 2.91. The summed E-state index contributed by atoms with van der Waals surface area (Å²) in [7, 11) is 0. The number of H-pyrrole nitrogens is 1. The number of nitrogens with one attached hydrogen (secondary N) is 2. The predicted octanol–water partition coefficient (Wildman–Crippen LogP) is 3.35. The number of amides is 1. The quantitative estimate of drug-likeness (QED) is 0.656. The van der Waals surface area contributed by atoms with Gasteiger partial charge in [0.05, 0.1) is 11.2 Å². The molecule has 0 bridgehead atoms. The molecule has 2 aromatic rings. The van der Waals surface area contributed by atoms with Gasteiger partial charge in [-0.15, -0.1) is 0 Å². The molecule has 0 saturated carbocycles. The number of para-hydroxylation sites is 1. The Bertz CT molecular complexity index is 550. The van der Waals surface area contributed by atoms with Gasteiger partial charge in [0, 0.05) is 16.5 Å². The largest absolute Gasteiger partial charge is 0.446 e. The van der Waals surface area contributed by atoms with Crippen LogP contribution in [0.4, 0.5) is 18.9 Å². The molecule has 0 aliphatic carbocycles. The lowest BCUT2D eigenvalue weighted by atomic mass is 10.2. The lowest BCUT2D eigenvalue weighted by Gasteiger charge is -2.04. The highest BCUT2D eigenvalue weighted by atomic mass is 32.2. The second-order valence-electron chi connectivity index (χ2n) is 3.19. The van der Waals surface area contributed by atoms with E-state index in [1.165, 1.54) is 6.20 Å². The van der Waals surface area contributed by atoms with Crippen LogP contribution in [0.3, 0.4) is 0 Å². The maximum absolute atomic E-state index is 12.3. The van der Waals surface area contributed by atoms with Gasteiger partial charge in [-0.05, 0) is 17.8 Å². The number of hydrogen-bond acceptors (Lipinski definition) is 2. The third-order valence-electron chi connectivity index (χ3n) is 2.12. The standard InChI is InChI=1S/C10H7F3N2OS/c11-10(12,13)17-8-4-14-9-6(8)2-1-3-7(9)15-5-16/h1-5,14H,(H,15,16). The van der Waals surface area contributed by atoms with Gasteiger partial charge in [0.2, 0.25) is 6.41 Å². The molecule has 0 aliphatic heterocycles. The molecule has 0 saturated heterocycles. The molecule has 0 unspecified atom stereocenters. The van der Waals surface area contributed by atoms with E-state index in [1.54, 1.807) is 18.2 Å². The van der Waals surface area contributed by atoms with Gasteiger partial charge in [0.1, 0.15) is 0 Å². The number of rotatable bonds is 3. The van der Waals surface area contributed by atoms with Crippen LogP contribution in [0.5, 0.6) is 0 Å². The van der Waals surface area contributed by atoms with Crippen LogP contribution < -0.4 is 5.32 Å². The highest BCUT2D eigenvalue weighted by Crippen LogP contribution is 2.41. The Morgan fingerprint density at radius 2 is 2.12 bits per heavy atom. The van der Waals surface area contributed by atoms with Crippen LogP contribution in [0.1, 0.15) is 0 Å². The molecule has 1 aromatic carbocycles. The summed E-state index contributed by atoms with van der Waals surface area (Å²) in [6.45, 7) is 0. The monoisotopic (exact) mass is 260 g/mol. The smallest absolute Gasteiger partial charge is 0.358 e. The van der Waals surface area contributed by atoms with E-state index in [-0.39, 0.29) is 16.7 Å². The van der Waals surface area contributed by atoms with Crippen LogP contribution >= 0.6 is 11.8 Å². The van der Waals surface area contributed by atoms with Crippen molar-refractivity contribution in [1.82, 2.24) is 4.98 Å². The number of hydrogen-bond donors (Lipinski definition) is 2. The average Bonchev–Trinajstić information content (AvgIpc) is 2.61. The molecule has 2 N–H and O–H groups in total. The number of benzene rings is 1. The van der Waals surface area contributed by atoms with E-state index >= 15 is 0 Å². The molecule has 7 heteroatoms. The van der Waals surface area contributed by atoms with Crippen molar-refractivity contribution in [3.63, 3.8) is 0 Å². The topological polar surface area (TPSA) is 44.9 Å². The minimum Gasteiger partial charge on any atom is -0.358 e. The summed E-state index contributed by atoms with van der Waals surface area (Å²) in [6.07, 6.45) is 1.75. The van der Waals surface area contributed by atoms with Gasteiger partial charge in [-0.3, -0.25) is 4.79 Å². The Morgan fingerprint density at radius 3 is 2.76 bits per heavy atom. The second kappa shape index (κ2) is 4.33. The Hall–Kier alpha value is -1.63. The van der Waals surface area contributed by atoms with Crippen LogP contribution in [-0.2, 0) is 4.79 Å². The molecule has 0 fully saturated rings. The van der Waals surface area contributed by atoms with Crippen LogP contribution in [0.25, 0.3) is 10.9 Å². The molecule has 3 nitrogen and oxygen atoms in total. The van der Waals surface area contributed by atoms with Crippen molar-refractivity contribution in [2.75, 3.05) is 5.32 Å². The van der Waals surface area contributed by atoms with Gasteiger partial charge in [-0.1, -0.05) is 12.1 Å². The molecular formula is C10H7F3N2OS. The normalized spacial score (nSPS) is 11.7. The van der Waals surface area contributed by atoms with Crippen LogP contribution in [0.2, 0.25) is 0 Å². The predicted molar refractivity (Wildman–Crippen MR) is 59.9 cm³/mol. The number of aromatic amines is 1. The van der Waals surface area contributed by atoms with Gasteiger partial charge in [-0.25, -0.2) is 0 Å². The van der Waals surface area contributed by atoms with E-state index in [9.17, 15) is 18.0 Å². The highest BCUT2D eigenvalue weighted by molar-refractivity contribution is 8.00. The van der Waals surface area contributed by atoms with Crippen molar-refractivity contribution < 1.29 is 18.0 Å². The molecule has 90 valence electrons. The van der Waals surface area contributed by atoms with Crippen molar-refractivity contribution in [2.45, 2.75) is 10.4 Å². The van der Waals surface area contributed by atoms with Gasteiger partial charge >= 0.3 is 5.51 Å². The minimum absolute atomic E-state index is 0.0852. The Morgan fingerprint density at radius 1 is 1.35 bits per heavy atom. The minimum atomic E-state index is -4.33. The summed E-state index contributed by atoms with van der Waals surface area (Å²) in [5, 5.41) is 2.85. The molecule has 2 rings (SSSR count). The maximum Gasteiger partial charge on any atom is 0.446 e. The van der Waals surface area contributed by atoms with Crippen molar-refractivity contribution in [1.29, 1.82) is 0 Å².